The molecule has 5 nitrogen and oxygen atoms in total. The molecule has 1 aromatic carbocycles. The molecule has 0 amide bonds. The molecule has 4 rings (SSSR count). The van der Waals surface area contributed by atoms with Crippen molar-refractivity contribution in [2.45, 2.75) is 51.4 Å². The smallest absolute Gasteiger partial charge is 0.175 e. The van der Waals surface area contributed by atoms with Crippen LogP contribution in [0.1, 0.15) is 38.2 Å². The number of aryl methyl sites for hydroxylation is 1. The zero-order valence-corrected chi connectivity index (χ0v) is 19.2. The van der Waals surface area contributed by atoms with Crippen LogP contribution in [-0.2, 0) is 18.3 Å². The number of carbonyl (C=O) groups is 1. The molecule has 3 heterocycles. The van der Waals surface area contributed by atoms with Gasteiger partial charge in [0.25, 0.3) is 0 Å². The lowest BCUT2D eigenvalue weighted by molar-refractivity contribution is -0.133. The highest BCUT2D eigenvalue weighted by Gasteiger charge is 2.42. The van der Waals surface area contributed by atoms with Crippen molar-refractivity contribution < 1.29 is 13.6 Å². The molecule has 0 N–H and O–H groups in total. The van der Waals surface area contributed by atoms with Crippen LogP contribution in [0.5, 0.6) is 0 Å². The van der Waals surface area contributed by atoms with E-state index in [2.05, 4.69) is 9.97 Å². The van der Waals surface area contributed by atoms with Gasteiger partial charge in [-0.3, -0.25) is 14.7 Å². The van der Waals surface area contributed by atoms with Gasteiger partial charge in [-0.1, -0.05) is 12.1 Å². The molecule has 1 saturated heterocycles. The number of hydrogen-bond donors (Lipinski definition) is 0. The molecule has 2 aromatic heterocycles. The highest BCUT2D eigenvalue weighted by Crippen LogP contribution is 2.31. The molecular weight excluding hydrogens is 410 g/mol. The standard InChI is InChI=1S/C25H30F2N4O/c1-17-28-15-22(30(17)4)18-5-6-19-14-29-21(12-20(19)11-18)13-23(32)25(27)7-9-31(10-8-25)16-24(2,3)26/h5-6,11-12,14-15H,7-10,13,16H2,1-4H3. The number of piperidine rings is 1. The summed E-state index contributed by atoms with van der Waals surface area (Å²) in [6.45, 7) is 6.00. The summed E-state index contributed by atoms with van der Waals surface area (Å²) in [6.07, 6.45) is 3.72. The van der Waals surface area contributed by atoms with E-state index in [-0.39, 0.29) is 25.8 Å². The molecule has 0 atom stereocenters. The van der Waals surface area contributed by atoms with Gasteiger partial charge in [-0.15, -0.1) is 0 Å². The molecule has 0 unspecified atom stereocenters. The Bertz CT molecular complexity index is 1140. The molecule has 32 heavy (non-hydrogen) atoms. The minimum Gasteiger partial charge on any atom is -0.331 e. The number of Topliss-reactive ketones (excluding diaryl/α,β-unsaturated/α-hetero) is 1. The van der Waals surface area contributed by atoms with Crippen LogP contribution in [0.4, 0.5) is 8.78 Å². The van der Waals surface area contributed by atoms with Crippen LogP contribution >= 0.6 is 0 Å². The van der Waals surface area contributed by atoms with Crippen LogP contribution in [0.15, 0.2) is 36.7 Å². The van der Waals surface area contributed by atoms with Gasteiger partial charge >= 0.3 is 0 Å². The number of imidazole rings is 1. The predicted octanol–water partition coefficient (Wildman–Crippen LogP) is 4.61. The van der Waals surface area contributed by atoms with Crippen molar-refractivity contribution in [1.82, 2.24) is 19.4 Å². The van der Waals surface area contributed by atoms with Crippen molar-refractivity contribution in [1.29, 1.82) is 0 Å². The Morgan fingerprint density at radius 3 is 2.47 bits per heavy atom. The van der Waals surface area contributed by atoms with E-state index < -0.39 is 17.1 Å². The summed E-state index contributed by atoms with van der Waals surface area (Å²) in [5.74, 6) is 0.484. The third-order valence-corrected chi connectivity index (χ3v) is 6.38. The molecule has 0 radical (unpaired) electrons. The van der Waals surface area contributed by atoms with Gasteiger partial charge in [0.15, 0.2) is 11.5 Å². The normalized spacial score (nSPS) is 17.1. The lowest BCUT2D eigenvalue weighted by atomic mass is 9.86. The van der Waals surface area contributed by atoms with E-state index >= 15 is 4.39 Å². The second-order valence-electron chi connectivity index (χ2n) is 9.55. The Morgan fingerprint density at radius 2 is 1.84 bits per heavy atom. The fourth-order valence-electron chi connectivity index (χ4n) is 4.41. The summed E-state index contributed by atoms with van der Waals surface area (Å²) in [6, 6.07) is 7.92. The Balaban J connectivity index is 1.49. The van der Waals surface area contributed by atoms with Crippen LogP contribution in [0.2, 0.25) is 0 Å². The first-order valence-electron chi connectivity index (χ1n) is 11.0. The Hall–Kier alpha value is -2.67. The molecule has 0 saturated carbocycles. The van der Waals surface area contributed by atoms with Crippen molar-refractivity contribution in [3.8, 4) is 11.3 Å². The molecule has 0 bridgehead atoms. The quantitative estimate of drug-likeness (QED) is 0.562. The first-order chi connectivity index (χ1) is 15.0. The Labute approximate surface area is 187 Å². The van der Waals surface area contributed by atoms with E-state index in [1.54, 1.807) is 6.20 Å². The van der Waals surface area contributed by atoms with E-state index in [9.17, 15) is 9.18 Å². The van der Waals surface area contributed by atoms with Crippen LogP contribution in [0.3, 0.4) is 0 Å². The third-order valence-electron chi connectivity index (χ3n) is 6.38. The molecule has 170 valence electrons. The van der Waals surface area contributed by atoms with E-state index in [4.69, 9.17) is 0 Å². The second-order valence-corrected chi connectivity index (χ2v) is 9.55. The molecular formula is C25H30F2N4O. The summed E-state index contributed by atoms with van der Waals surface area (Å²) in [7, 11) is 1.97. The highest BCUT2D eigenvalue weighted by atomic mass is 19.1. The van der Waals surface area contributed by atoms with Crippen LogP contribution in [0, 0.1) is 6.92 Å². The van der Waals surface area contributed by atoms with Gasteiger partial charge in [0.2, 0.25) is 0 Å². The molecule has 0 aliphatic carbocycles. The van der Waals surface area contributed by atoms with E-state index in [1.807, 2.05) is 53.9 Å². The van der Waals surface area contributed by atoms with E-state index in [1.165, 1.54) is 13.8 Å². The van der Waals surface area contributed by atoms with Crippen molar-refractivity contribution in [3.63, 3.8) is 0 Å². The number of pyridine rings is 1. The van der Waals surface area contributed by atoms with Crippen molar-refractivity contribution in [3.05, 3.63) is 48.2 Å². The summed E-state index contributed by atoms with van der Waals surface area (Å²) in [4.78, 5) is 23.5. The number of carbonyl (C=O) groups excluding carboxylic acids is 1. The average Bonchev–Trinajstić information content (AvgIpc) is 3.07. The van der Waals surface area contributed by atoms with Gasteiger partial charge in [0.1, 0.15) is 11.5 Å². The van der Waals surface area contributed by atoms with Crippen molar-refractivity contribution in [2.24, 2.45) is 7.05 Å². The Kier molecular flexibility index (Phi) is 5.88. The number of nitrogens with zero attached hydrogens (tertiary/aromatic N) is 4. The Morgan fingerprint density at radius 1 is 1.12 bits per heavy atom. The topological polar surface area (TPSA) is 51.0 Å². The number of likely N-dealkylation sites (tertiary alicyclic amines) is 1. The minimum absolute atomic E-state index is 0.0455. The third kappa shape index (κ3) is 4.72. The number of halogens is 2. The van der Waals surface area contributed by atoms with Gasteiger partial charge in [0, 0.05) is 62.4 Å². The largest absolute Gasteiger partial charge is 0.331 e. The maximum absolute atomic E-state index is 15.4. The summed E-state index contributed by atoms with van der Waals surface area (Å²) >= 11 is 0. The summed E-state index contributed by atoms with van der Waals surface area (Å²) in [5, 5.41) is 1.91. The van der Waals surface area contributed by atoms with E-state index in [0.717, 1.165) is 27.9 Å². The monoisotopic (exact) mass is 440 g/mol. The number of benzene rings is 1. The average molecular weight is 441 g/mol. The van der Waals surface area contributed by atoms with Gasteiger partial charge in [-0.05, 0) is 38.3 Å². The summed E-state index contributed by atoms with van der Waals surface area (Å²) in [5.41, 5.74) is -0.617. The SMILES string of the molecule is Cc1ncc(-c2ccc3cnc(CC(=O)C4(F)CCN(CC(C)(C)F)CC4)cc3c2)n1C. The van der Waals surface area contributed by atoms with Crippen LogP contribution in [0.25, 0.3) is 22.0 Å². The molecule has 1 fully saturated rings. The second kappa shape index (κ2) is 8.35. The number of fused-ring (bicyclic) bond motifs is 1. The fourth-order valence-corrected chi connectivity index (χ4v) is 4.41. The van der Waals surface area contributed by atoms with Gasteiger partial charge in [-0.25, -0.2) is 13.8 Å². The molecule has 0 spiro atoms. The number of hydrogen-bond acceptors (Lipinski definition) is 4. The first kappa shape index (κ1) is 22.5. The number of alkyl halides is 2. The van der Waals surface area contributed by atoms with Gasteiger partial charge in [-0.2, -0.15) is 0 Å². The minimum atomic E-state index is -1.87. The van der Waals surface area contributed by atoms with Crippen LogP contribution < -0.4 is 0 Å². The summed E-state index contributed by atoms with van der Waals surface area (Å²) < 4.78 is 31.3. The van der Waals surface area contributed by atoms with Gasteiger partial charge < -0.3 is 4.57 Å². The predicted molar refractivity (Wildman–Crippen MR) is 122 cm³/mol. The zero-order chi connectivity index (χ0) is 23.1. The van der Waals surface area contributed by atoms with Crippen molar-refractivity contribution >= 4 is 16.6 Å². The zero-order valence-electron chi connectivity index (χ0n) is 19.2. The van der Waals surface area contributed by atoms with Crippen molar-refractivity contribution in [2.75, 3.05) is 19.6 Å². The maximum Gasteiger partial charge on any atom is 0.175 e. The lowest BCUT2D eigenvalue weighted by Crippen LogP contribution is -2.49. The maximum atomic E-state index is 15.4. The molecule has 1 aliphatic rings. The highest BCUT2D eigenvalue weighted by molar-refractivity contribution is 5.91. The molecule has 1 aliphatic heterocycles. The number of aromatic nitrogens is 3. The first-order valence-corrected chi connectivity index (χ1v) is 11.0. The fraction of sp³-hybridized carbons (Fsp3) is 0.480. The number of ketones is 1. The lowest BCUT2D eigenvalue weighted by Gasteiger charge is -2.37. The van der Waals surface area contributed by atoms with Crippen LogP contribution in [-0.4, -0.2) is 56.2 Å². The van der Waals surface area contributed by atoms with E-state index in [0.29, 0.717) is 18.8 Å². The number of rotatable bonds is 6. The van der Waals surface area contributed by atoms with Gasteiger partial charge in [0.05, 0.1) is 18.3 Å². The molecule has 3 aromatic rings. The molecule has 7 heteroatoms.